The van der Waals surface area contributed by atoms with Gasteiger partial charge >= 0.3 is 0 Å². The maximum absolute atomic E-state index is 10.0. The van der Waals surface area contributed by atoms with Crippen LogP contribution in [0, 0.1) is 0 Å². The van der Waals surface area contributed by atoms with Crippen molar-refractivity contribution in [1.82, 2.24) is 5.32 Å². The van der Waals surface area contributed by atoms with E-state index in [1.165, 1.54) is 0 Å². The van der Waals surface area contributed by atoms with Gasteiger partial charge in [-0.2, -0.15) is 0 Å². The minimum atomic E-state index is -0.907. The molecule has 0 radical (unpaired) electrons. The minimum absolute atomic E-state index is 0. The molecule has 0 spiro atoms. The third kappa shape index (κ3) is 10.3. The summed E-state index contributed by atoms with van der Waals surface area (Å²) >= 11 is 0. The first kappa shape index (κ1) is 25.9. The molecule has 0 aliphatic rings. The van der Waals surface area contributed by atoms with Crippen LogP contribution in [-0.2, 0) is 11.3 Å². The van der Waals surface area contributed by atoms with Gasteiger partial charge in [-0.05, 0) is 70.1 Å². The van der Waals surface area contributed by atoms with E-state index in [0.29, 0.717) is 5.69 Å². The van der Waals surface area contributed by atoms with E-state index in [-0.39, 0.29) is 19.6 Å². The van der Waals surface area contributed by atoms with Gasteiger partial charge in [-0.3, -0.25) is 0 Å². The van der Waals surface area contributed by atoms with Crippen molar-refractivity contribution in [3.05, 3.63) is 59.7 Å². The number of rotatable bonds is 8. The Kier molecular flexibility index (Phi) is 12.1. The Labute approximate surface area is 169 Å². The number of ether oxygens (including phenoxy) is 1. The van der Waals surface area contributed by atoms with Gasteiger partial charge in [0.15, 0.2) is 6.29 Å². The lowest BCUT2D eigenvalue weighted by Gasteiger charge is -2.28. The monoisotopic (exact) mass is 391 g/mol. The van der Waals surface area contributed by atoms with E-state index >= 15 is 0 Å². The van der Waals surface area contributed by atoms with Crippen LogP contribution in [0.5, 0.6) is 0 Å². The largest absolute Gasteiger partial charge is 0.399 e. The van der Waals surface area contributed by atoms with Crippen molar-refractivity contribution >= 4 is 11.4 Å². The van der Waals surface area contributed by atoms with Crippen molar-refractivity contribution in [2.24, 2.45) is 0 Å². The second kappa shape index (κ2) is 13.1. The summed E-state index contributed by atoms with van der Waals surface area (Å²) in [5.74, 6) is 0. The number of nitrogen functional groups attached to an aromatic ring is 2. The maximum Gasteiger partial charge on any atom is 0.181 e. The Morgan fingerprint density at radius 3 is 1.96 bits per heavy atom. The third-order valence-electron chi connectivity index (χ3n) is 4.02. The summed E-state index contributed by atoms with van der Waals surface area (Å²) in [6.07, 6.45) is 0.993. The van der Waals surface area contributed by atoms with Crippen LogP contribution >= 0.6 is 0 Å². The van der Waals surface area contributed by atoms with Gasteiger partial charge in [0.25, 0.3) is 0 Å². The van der Waals surface area contributed by atoms with Gasteiger partial charge in [-0.25, -0.2) is 0 Å². The zero-order chi connectivity index (χ0) is 20.3. The molecule has 0 amide bonds. The second-order valence-electron chi connectivity index (χ2n) is 7.00. The molecular formula is C22H37N3O3. The number of aliphatic hydroxyl groups is 2. The number of nitrogens with two attached hydrogens (primary N) is 2. The van der Waals surface area contributed by atoms with E-state index in [0.717, 1.165) is 36.2 Å². The number of aliphatic hydroxyl groups excluding tert-OH is 2. The molecule has 0 saturated carbocycles. The molecule has 0 heterocycles. The lowest BCUT2D eigenvalue weighted by atomic mass is 10.0. The van der Waals surface area contributed by atoms with Crippen molar-refractivity contribution < 1.29 is 14.9 Å². The smallest absolute Gasteiger partial charge is 0.181 e. The Morgan fingerprint density at radius 1 is 1.00 bits per heavy atom. The van der Waals surface area contributed by atoms with Crippen molar-refractivity contribution in [3.8, 4) is 0 Å². The van der Waals surface area contributed by atoms with Crippen molar-refractivity contribution in [2.75, 3.05) is 25.1 Å². The lowest BCUT2D eigenvalue weighted by molar-refractivity contribution is -0.179. The number of hydrogen-bond acceptors (Lipinski definition) is 6. The van der Waals surface area contributed by atoms with Crippen LogP contribution in [0.2, 0.25) is 0 Å². The second-order valence-corrected chi connectivity index (χ2v) is 7.00. The number of hydrogen-bond donors (Lipinski definition) is 5. The van der Waals surface area contributed by atoms with E-state index < -0.39 is 6.29 Å². The molecule has 1 atom stereocenters. The molecule has 0 aliphatic carbocycles. The molecule has 6 nitrogen and oxygen atoms in total. The molecule has 28 heavy (non-hydrogen) atoms. The Morgan fingerprint density at radius 2 is 1.50 bits per heavy atom. The molecule has 7 N–H and O–H groups in total. The zero-order valence-corrected chi connectivity index (χ0v) is 16.5. The van der Waals surface area contributed by atoms with Crippen molar-refractivity contribution in [2.45, 2.75) is 52.6 Å². The van der Waals surface area contributed by atoms with Gasteiger partial charge in [0.1, 0.15) is 0 Å². The Balaban J connectivity index is 0.000000614. The standard InChI is InChI=1S/C14H24N2O2.C7H9NO.CH4/c1-14(2,9-4-10-16-3)18-13(17)11-5-7-12(15)8-6-11;8-7-3-1-6(5-9)2-4-7;/h5-8,13,16-17H,4,9-10,15H2,1-3H3;1-4,9H,5,8H2;1H4. The predicted molar refractivity (Wildman–Crippen MR) is 118 cm³/mol. The Hall–Kier alpha value is -2.12. The first-order chi connectivity index (χ1) is 12.8. The highest BCUT2D eigenvalue weighted by atomic mass is 16.6. The van der Waals surface area contributed by atoms with Crippen LogP contribution in [0.15, 0.2) is 48.5 Å². The summed E-state index contributed by atoms with van der Waals surface area (Å²) in [5, 5.41) is 21.7. The summed E-state index contributed by atoms with van der Waals surface area (Å²) in [5.41, 5.74) is 13.7. The van der Waals surface area contributed by atoms with Crippen LogP contribution in [0.1, 0.15) is 51.5 Å². The number of benzene rings is 2. The van der Waals surface area contributed by atoms with E-state index in [1.807, 2.05) is 20.9 Å². The maximum atomic E-state index is 10.0. The minimum Gasteiger partial charge on any atom is -0.399 e. The molecule has 0 aliphatic heterocycles. The Bertz CT molecular complexity index is 643. The van der Waals surface area contributed by atoms with Gasteiger partial charge in [-0.1, -0.05) is 31.7 Å². The first-order valence-electron chi connectivity index (χ1n) is 9.08. The average molecular weight is 392 g/mol. The van der Waals surface area contributed by atoms with Gasteiger partial charge in [0.05, 0.1) is 12.2 Å². The van der Waals surface area contributed by atoms with Gasteiger partial charge in [0.2, 0.25) is 0 Å². The molecule has 2 aromatic carbocycles. The average Bonchev–Trinajstić information content (AvgIpc) is 2.63. The highest BCUT2D eigenvalue weighted by molar-refractivity contribution is 5.40. The normalized spacial score (nSPS) is 11.8. The van der Waals surface area contributed by atoms with Crippen LogP contribution in [0.4, 0.5) is 11.4 Å². The molecule has 2 rings (SSSR count). The fourth-order valence-corrected chi connectivity index (χ4v) is 2.40. The number of anilines is 2. The van der Waals surface area contributed by atoms with E-state index in [2.05, 4.69) is 5.32 Å². The van der Waals surface area contributed by atoms with E-state index in [1.54, 1.807) is 48.5 Å². The van der Waals surface area contributed by atoms with E-state index in [9.17, 15) is 5.11 Å². The van der Waals surface area contributed by atoms with E-state index in [4.69, 9.17) is 21.3 Å². The highest BCUT2D eigenvalue weighted by Gasteiger charge is 2.22. The van der Waals surface area contributed by atoms with Crippen LogP contribution in [0.25, 0.3) is 0 Å². The quantitative estimate of drug-likeness (QED) is 0.267. The molecule has 2 aromatic rings. The topological polar surface area (TPSA) is 114 Å². The molecule has 0 saturated heterocycles. The highest BCUT2D eigenvalue weighted by Crippen LogP contribution is 2.25. The van der Waals surface area contributed by atoms with Gasteiger partial charge in [0, 0.05) is 16.9 Å². The number of nitrogens with one attached hydrogen (secondary N) is 1. The fourth-order valence-electron chi connectivity index (χ4n) is 2.40. The first-order valence-corrected chi connectivity index (χ1v) is 9.08. The summed E-state index contributed by atoms with van der Waals surface area (Å²) in [7, 11) is 1.93. The SMILES string of the molecule is C.CNCCCC(C)(C)OC(O)c1ccc(N)cc1.Nc1ccc(CO)cc1. The molecule has 158 valence electrons. The molecular weight excluding hydrogens is 354 g/mol. The molecule has 0 fully saturated rings. The lowest BCUT2D eigenvalue weighted by Crippen LogP contribution is -2.28. The van der Waals surface area contributed by atoms with Crippen molar-refractivity contribution in [3.63, 3.8) is 0 Å². The summed E-state index contributed by atoms with van der Waals surface area (Å²) < 4.78 is 5.70. The zero-order valence-electron chi connectivity index (χ0n) is 16.5. The molecule has 0 aromatic heterocycles. The van der Waals surface area contributed by atoms with Crippen molar-refractivity contribution in [1.29, 1.82) is 0 Å². The summed E-state index contributed by atoms with van der Waals surface area (Å²) in [4.78, 5) is 0. The fraction of sp³-hybridized carbons (Fsp3) is 0.455. The molecule has 0 bridgehead atoms. The third-order valence-corrected chi connectivity index (χ3v) is 4.02. The van der Waals surface area contributed by atoms with Gasteiger partial charge < -0.3 is 31.7 Å². The summed E-state index contributed by atoms with van der Waals surface area (Å²) in [6.45, 7) is 5.01. The van der Waals surface area contributed by atoms with Gasteiger partial charge in [-0.15, -0.1) is 0 Å². The van der Waals surface area contributed by atoms with Crippen LogP contribution in [-0.4, -0.2) is 29.4 Å². The molecule has 6 heteroatoms. The molecule has 1 unspecified atom stereocenters. The van der Waals surface area contributed by atoms with Crippen LogP contribution < -0.4 is 16.8 Å². The predicted octanol–water partition coefficient (Wildman–Crippen LogP) is 3.45. The summed E-state index contributed by atoms with van der Waals surface area (Å²) in [6, 6.07) is 14.2. The van der Waals surface area contributed by atoms with Crippen LogP contribution in [0.3, 0.4) is 0 Å².